The smallest absolute Gasteiger partial charge is 0.324 e. The lowest BCUT2D eigenvalue weighted by molar-refractivity contribution is -0.146. The molecule has 0 saturated carbocycles. The molecule has 2 unspecified atom stereocenters. The van der Waals surface area contributed by atoms with Crippen LogP contribution in [0.25, 0.3) is 0 Å². The van der Waals surface area contributed by atoms with Crippen molar-refractivity contribution < 1.29 is 29.0 Å². The van der Waals surface area contributed by atoms with Crippen molar-refractivity contribution in [2.24, 2.45) is 0 Å². The van der Waals surface area contributed by atoms with E-state index in [1.165, 1.54) is 18.7 Å². The van der Waals surface area contributed by atoms with Crippen LogP contribution in [-0.4, -0.2) is 59.3 Å². The predicted octanol–water partition coefficient (Wildman–Crippen LogP) is 2.62. The Morgan fingerprint density at radius 2 is 1.62 bits per heavy atom. The van der Waals surface area contributed by atoms with Gasteiger partial charge in [0.25, 0.3) is 0 Å². The van der Waals surface area contributed by atoms with Crippen molar-refractivity contribution in [1.82, 2.24) is 5.32 Å². The number of ether oxygens (including phenoxy) is 2. The van der Waals surface area contributed by atoms with E-state index in [2.05, 4.69) is 12.2 Å². The van der Waals surface area contributed by atoms with E-state index in [4.69, 9.17) is 14.6 Å². The maximum Gasteiger partial charge on any atom is 0.324 e. The van der Waals surface area contributed by atoms with Crippen LogP contribution in [0.5, 0.6) is 0 Å². The third kappa shape index (κ3) is 10.7. The highest BCUT2D eigenvalue weighted by molar-refractivity contribution is 8.00. The average Bonchev–Trinajstić information content (AvgIpc) is 2.59. The van der Waals surface area contributed by atoms with E-state index in [1.54, 1.807) is 13.8 Å². The highest BCUT2D eigenvalue weighted by atomic mass is 32.2. The molecular weight excluding hydrogens is 358 g/mol. The molecule has 0 aromatic carbocycles. The van der Waals surface area contributed by atoms with E-state index in [9.17, 15) is 14.4 Å². The predicted molar refractivity (Wildman–Crippen MR) is 102 cm³/mol. The number of carboxylic acids is 1. The number of carbonyl (C=O) groups is 3. The molecule has 0 saturated heterocycles. The molecule has 0 aliphatic carbocycles. The van der Waals surface area contributed by atoms with Crippen LogP contribution in [0.1, 0.15) is 59.8 Å². The van der Waals surface area contributed by atoms with Gasteiger partial charge in [-0.2, -0.15) is 0 Å². The number of esters is 2. The van der Waals surface area contributed by atoms with Crippen LogP contribution in [0.4, 0.5) is 0 Å². The molecular formula is C18H33NO6S. The molecule has 0 radical (unpaired) electrons. The van der Waals surface area contributed by atoms with E-state index in [1.807, 2.05) is 0 Å². The molecule has 152 valence electrons. The molecule has 8 heteroatoms. The maximum absolute atomic E-state index is 12.2. The molecule has 7 nitrogen and oxygen atoms in total. The Labute approximate surface area is 160 Å². The van der Waals surface area contributed by atoms with E-state index < -0.39 is 24.0 Å². The van der Waals surface area contributed by atoms with E-state index >= 15 is 0 Å². The van der Waals surface area contributed by atoms with Gasteiger partial charge in [0.1, 0.15) is 17.3 Å². The lowest BCUT2D eigenvalue weighted by Gasteiger charge is -2.22. The van der Waals surface area contributed by atoms with Crippen molar-refractivity contribution in [1.29, 1.82) is 0 Å². The quantitative estimate of drug-likeness (QED) is 0.324. The molecule has 26 heavy (non-hydrogen) atoms. The first-order valence-corrected chi connectivity index (χ1v) is 10.4. The summed E-state index contributed by atoms with van der Waals surface area (Å²) in [5, 5.41) is 11.4. The third-order valence-corrected chi connectivity index (χ3v) is 5.08. The number of rotatable bonds is 15. The first-order chi connectivity index (χ1) is 12.4. The van der Waals surface area contributed by atoms with Crippen molar-refractivity contribution in [3.05, 3.63) is 0 Å². The second kappa shape index (κ2) is 14.8. The number of hydrogen-bond donors (Lipinski definition) is 2. The van der Waals surface area contributed by atoms with Crippen LogP contribution in [0.3, 0.4) is 0 Å². The number of carboxylic acid groups (broad SMARTS) is 1. The second-order valence-electron chi connectivity index (χ2n) is 5.95. The minimum atomic E-state index is -1.05. The lowest BCUT2D eigenvalue weighted by Crippen LogP contribution is -2.48. The minimum absolute atomic E-state index is 0.210. The molecule has 3 atom stereocenters. The van der Waals surface area contributed by atoms with Gasteiger partial charge in [-0.1, -0.05) is 32.6 Å². The van der Waals surface area contributed by atoms with E-state index in [-0.39, 0.29) is 23.6 Å². The zero-order valence-corrected chi connectivity index (χ0v) is 17.1. The van der Waals surface area contributed by atoms with Crippen LogP contribution in [-0.2, 0) is 23.9 Å². The molecule has 0 heterocycles. The molecule has 0 spiro atoms. The van der Waals surface area contributed by atoms with Gasteiger partial charge in [0.05, 0.1) is 13.2 Å². The Kier molecular flexibility index (Phi) is 14.1. The largest absolute Gasteiger partial charge is 0.480 e. The molecule has 0 aliphatic heterocycles. The van der Waals surface area contributed by atoms with Gasteiger partial charge in [-0.3, -0.25) is 19.7 Å². The van der Waals surface area contributed by atoms with Crippen LogP contribution in [0.2, 0.25) is 0 Å². The standard InChI is InChI=1S/C18H33NO6S/c1-5-8-9-10-11-15(18(23)25-7-3)26-12-14(17(22)24-6-2)19-13(4)16(20)21/h13-15,19H,5-12H2,1-4H3,(H,20,21)/t13?,14-,15?/m0/s1. The summed E-state index contributed by atoms with van der Waals surface area (Å²) in [6.07, 6.45) is 4.85. The Morgan fingerprint density at radius 1 is 1.00 bits per heavy atom. The van der Waals surface area contributed by atoms with Gasteiger partial charge in [-0.05, 0) is 27.2 Å². The van der Waals surface area contributed by atoms with Gasteiger partial charge in [-0.25, -0.2) is 0 Å². The number of unbranched alkanes of at least 4 members (excludes halogenated alkanes) is 3. The molecule has 0 aliphatic rings. The Hall–Kier alpha value is -1.28. The van der Waals surface area contributed by atoms with Gasteiger partial charge >= 0.3 is 17.9 Å². The van der Waals surface area contributed by atoms with Gasteiger partial charge in [-0.15, -0.1) is 11.8 Å². The van der Waals surface area contributed by atoms with Crippen LogP contribution in [0.15, 0.2) is 0 Å². The minimum Gasteiger partial charge on any atom is -0.480 e. The topological polar surface area (TPSA) is 102 Å². The summed E-state index contributed by atoms with van der Waals surface area (Å²) in [5.74, 6) is -1.61. The number of nitrogens with one attached hydrogen (secondary N) is 1. The number of carbonyl (C=O) groups excluding carboxylic acids is 2. The SMILES string of the molecule is CCCCCCC(SC[C@H](NC(C)C(=O)O)C(=O)OCC)C(=O)OCC. The highest BCUT2D eigenvalue weighted by Gasteiger charge is 2.28. The van der Waals surface area contributed by atoms with Crippen molar-refractivity contribution in [3.63, 3.8) is 0 Å². The van der Waals surface area contributed by atoms with Crippen LogP contribution < -0.4 is 5.32 Å². The van der Waals surface area contributed by atoms with Gasteiger partial charge in [0.15, 0.2) is 0 Å². The molecule has 0 aromatic rings. The fraction of sp³-hybridized carbons (Fsp3) is 0.833. The second-order valence-corrected chi connectivity index (χ2v) is 7.19. The fourth-order valence-electron chi connectivity index (χ4n) is 2.27. The van der Waals surface area contributed by atoms with Crippen molar-refractivity contribution in [3.8, 4) is 0 Å². The molecule has 0 aromatic heterocycles. The normalized spacial score (nSPS) is 14.3. The fourth-order valence-corrected chi connectivity index (χ4v) is 3.47. The van der Waals surface area contributed by atoms with Crippen LogP contribution in [0, 0.1) is 0 Å². The summed E-state index contributed by atoms with van der Waals surface area (Å²) in [5.41, 5.74) is 0. The van der Waals surface area contributed by atoms with Crippen molar-refractivity contribution in [2.75, 3.05) is 19.0 Å². The van der Waals surface area contributed by atoms with Crippen molar-refractivity contribution >= 4 is 29.7 Å². The number of thioether (sulfide) groups is 1. The number of aliphatic carboxylic acids is 1. The summed E-state index contributed by atoms with van der Waals surface area (Å²) < 4.78 is 10.1. The van der Waals surface area contributed by atoms with E-state index in [0.717, 1.165) is 25.7 Å². The molecule has 0 rings (SSSR count). The number of hydrogen-bond acceptors (Lipinski definition) is 7. The summed E-state index contributed by atoms with van der Waals surface area (Å²) in [6, 6.07) is -1.69. The first-order valence-electron chi connectivity index (χ1n) is 9.30. The zero-order valence-electron chi connectivity index (χ0n) is 16.3. The Bertz CT molecular complexity index is 432. The highest BCUT2D eigenvalue weighted by Crippen LogP contribution is 2.21. The molecule has 0 bridgehead atoms. The zero-order chi connectivity index (χ0) is 19.9. The molecule has 0 amide bonds. The monoisotopic (exact) mass is 391 g/mol. The summed E-state index contributed by atoms with van der Waals surface area (Å²) in [4.78, 5) is 35.3. The van der Waals surface area contributed by atoms with Gasteiger partial charge < -0.3 is 14.6 Å². The first kappa shape index (κ1) is 24.7. The maximum atomic E-state index is 12.2. The van der Waals surface area contributed by atoms with Crippen molar-refractivity contribution in [2.45, 2.75) is 77.1 Å². The lowest BCUT2D eigenvalue weighted by atomic mass is 10.1. The molecule has 0 fully saturated rings. The Morgan fingerprint density at radius 3 is 2.15 bits per heavy atom. The van der Waals surface area contributed by atoms with Gasteiger partial charge in [0.2, 0.25) is 0 Å². The third-order valence-electron chi connectivity index (χ3n) is 3.73. The summed E-state index contributed by atoms with van der Waals surface area (Å²) in [6.45, 7) is 7.55. The van der Waals surface area contributed by atoms with Crippen LogP contribution >= 0.6 is 11.8 Å². The van der Waals surface area contributed by atoms with E-state index in [0.29, 0.717) is 13.0 Å². The summed E-state index contributed by atoms with van der Waals surface area (Å²) >= 11 is 1.31. The average molecular weight is 392 g/mol. The Balaban J connectivity index is 4.84. The van der Waals surface area contributed by atoms with Gasteiger partial charge in [0, 0.05) is 5.75 Å². The molecule has 2 N–H and O–H groups in total. The summed E-state index contributed by atoms with van der Waals surface area (Å²) in [7, 11) is 0.